The molecule has 0 N–H and O–H groups in total. The van der Waals surface area contributed by atoms with E-state index in [2.05, 4.69) is 15.1 Å². The molecule has 0 aliphatic carbocycles. The van der Waals surface area contributed by atoms with Crippen LogP contribution in [0.25, 0.3) is 0 Å². The summed E-state index contributed by atoms with van der Waals surface area (Å²) in [6.45, 7) is 4.06. The Balaban J connectivity index is 1.64. The van der Waals surface area contributed by atoms with E-state index in [-0.39, 0.29) is 17.8 Å². The van der Waals surface area contributed by atoms with E-state index in [0.717, 1.165) is 37.5 Å². The second kappa shape index (κ2) is 6.43. The summed E-state index contributed by atoms with van der Waals surface area (Å²) in [5.74, 6) is -0.247. The molecule has 23 heavy (non-hydrogen) atoms. The number of hydrogen-bond acceptors (Lipinski definition) is 7. The molecule has 2 aliphatic rings. The standard InChI is InChI=1S/C15H22N4O3S/c1-15(13(21)22-2)6-3-7-19(15)12(20)11-4-8-18(9-5-11)14-17-16-10-23-14/h10-11H,3-9H2,1-2H3/t15-/m1/s1. The Hall–Kier alpha value is -1.70. The Labute approximate surface area is 139 Å². The van der Waals surface area contributed by atoms with Crippen LogP contribution in [0.1, 0.15) is 32.6 Å². The normalized spacial score (nSPS) is 25.7. The van der Waals surface area contributed by atoms with Gasteiger partial charge in [-0.05, 0) is 32.6 Å². The highest BCUT2D eigenvalue weighted by molar-refractivity contribution is 7.13. The molecule has 2 saturated heterocycles. The van der Waals surface area contributed by atoms with Crippen LogP contribution < -0.4 is 4.90 Å². The summed E-state index contributed by atoms with van der Waals surface area (Å²) >= 11 is 1.52. The highest BCUT2D eigenvalue weighted by atomic mass is 32.1. The molecule has 8 heteroatoms. The lowest BCUT2D eigenvalue weighted by atomic mass is 9.92. The Morgan fingerprint density at radius 3 is 2.70 bits per heavy atom. The number of nitrogens with zero attached hydrogens (tertiary/aromatic N) is 4. The number of likely N-dealkylation sites (tertiary alicyclic amines) is 1. The van der Waals surface area contributed by atoms with Gasteiger partial charge in [-0.25, -0.2) is 4.79 Å². The summed E-state index contributed by atoms with van der Waals surface area (Å²) in [6, 6.07) is 0. The quantitative estimate of drug-likeness (QED) is 0.774. The molecular formula is C15H22N4O3S. The van der Waals surface area contributed by atoms with Crippen molar-refractivity contribution in [2.45, 2.75) is 38.1 Å². The van der Waals surface area contributed by atoms with Crippen molar-refractivity contribution in [3.8, 4) is 0 Å². The van der Waals surface area contributed by atoms with Gasteiger partial charge in [0.1, 0.15) is 11.0 Å². The smallest absolute Gasteiger partial charge is 0.331 e. The van der Waals surface area contributed by atoms with Crippen molar-refractivity contribution in [1.82, 2.24) is 15.1 Å². The molecule has 3 heterocycles. The highest BCUT2D eigenvalue weighted by Crippen LogP contribution is 2.34. The molecule has 0 unspecified atom stereocenters. The second-order valence-electron chi connectivity index (χ2n) is 6.34. The fourth-order valence-electron chi connectivity index (χ4n) is 3.59. The molecule has 1 aromatic heterocycles. The molecule has 0 spiro atoms. The van der Waals surface area contributed by atoms with Crippen molar-refractivity contribution in [2.75, 3.05) is 31.6 Å². The average molecular weight is 338 g/mol. The number of hydrogen-bond donors (Lipinski definition) is 0. The maximum atomic E-state index is 12.9. The highest BCUT2D eigenvalue weighted by Gasteiger charge is 2.48. The zero-order valence-corrected chi connectivity index (χ0v) is 14.3. The van der Waals surface area contributed by atoms with Gasteiger partial charge in [-0.1, -0.05) is 11.3 Å². The molecule has 2 aliphatic heterocycles. The minimum atomic E-state index is -0.803. The minimum absolute atomic E-state index is 0.0266. The molecule has 1 aromatic rings. The molecule has 3 rings (SSSR count). The Bertz CT molecular complexity index is 571. The van der Waals surface area contributed by atoms with Crippen LogP contribution in [0.2, 0.25) is 0 Å². The summed E-state index contributed by atoms with van der Waals surface area (Å²) in [4.78, 5) is 28.9. The third kappa shape index (κ3) is 2.91. The molecule has 1 amide bonds. The first-order chi connectivity index (χ1) is 11.1. The van der Waals surface area contributed by atoms with E-state index >= 15 is 0 Å². The maximum absolute atomic E-state index is 12.9. The van der Waals surface area contributed by atoms with Crippen LogP contribution in [0.4, 0.5) is 5.13 Å². The number of amides is 1. The number of piperidine rings is 1. The van der Waals surface area contributed by atoms with Gasteiger partial charge in [0.05, 0.1) is 7.11 Å². The van der Waals surface area contributed by atoms with Gasteiger partial charge >= 0.3 is 5.97 Å². The summed E-state index contributed by atoms with van der Waals surface area (Å²) in [5.41, 5.74) is 0.917. The molecule has 0 saturated carbocycles. The van der Waals surface area contributed by atoms with E-state index in [9.17, 15) is 9.59 Å². The monoisotopic (exact) mass is 338 g/mol. The number of carbonyl (C=O) groups is 2. The summed E-state index contributed by atoms with van der Waals surface area (Å²) < 4.78 is 4.92. The van der Waals surface area contributed by atoms with Crippen LogP contribution in [0.5, 0.6) is 0 Å². The molecule has 2 fully saturated rings. The van der Waals surface area contributed by atoms with Gasteiger partial charge in [-0.15, -0.1) is 10.2 Å². The maximum Gasteiger partial charge on any atom is 0.331 e. The van der Waals surface area contributed by atoms with Gasteiger partial charge in [-0.3, -0.25) is 4.79 Å². The number of carbonyl (C=O) groups excluding carboxylic acids is 2. The van der Waals surface area contributed by atoms with Gasteiger partial charge in [0.2, 0.25) is 11.0 Å². The van der Waals surface area contributed by atoms with Crippen molar-refractivity contribution in [2.24, 2.45) is 5.92 Å². The fraction of sp³-hybridized carbons (Fsp3) is 0.733. The fourth-order valence-corrected chi connectivity index (χ4v) is 4.21. The van der Waals surface area contributed by atoms with Crippen LogP contribution in [0.3, 0.4) is 0 Å². The van der Waals surface area contributed by atoms with Crippen LogP contribution in [-0.2, 0) is 14.3 Å². The zero-order chi connectivity index (χ0) is 16.4. The summed E-state index contributed by atoms with van der Waals surface area (Å²) in [7, 11) is 1.38. The van der Waals surface area contributed by atoms with Crippen LogP contribution in [0.15, 0.2) is 5.51 Å². The second-order valence-corrected chi connectivity index (χ2v) is 7.15. The van der Waals surface area contributed by atoms with Crippen LogP contribution in [0, 0.1) is 5.92 Å². The lowest BCUT2D eigenvalue weighted by molar-refractivity contribution is -0.159. The molecule has 0 bridgehead atoms. The summed E-state index contributed by atoms with van der Waals surface area (Å²) in [5, 5.41) is 8.86. The molecule has 126 valence electrons. The van der Waals surface area contributed by atoms with Gasteiger partial charge in [0.15, 0.2) is 0 Å². The van der Waals surface area contributed by atoms with Gasteiger partial charge < -0.3 is 14.5 Å². The van der Waals surface area contributed by atoms with E-state index in [1.165, 1.54) is 18.4 Å². The average Bonchev–Trinajstić information content (AvgIpc) is 3.24. The number of rotatable bonds is 3. The number of esters is 1. The third-order valence-electron chi connectivity index (χ3n) is 5.00. The Kier molecular flexibility index (Phi) is 4.52. The first-order valence-corrected chi connectivity index (χ1v) is 8.85. The predicted molar refractivity (Wildman–Crippen MR) is 86.2 cm³/mol. The molecule has 0 aromatic carbocycles. The van der Waals surface area contributed by atoms with Crippen molar-refractivity contribution in [1.29, 1.82) is 0 Å². The van der Waals surface area contributed by atoms with E-state index in [0.29, 0.717) is 13.0 Å². The van der Waals surface area contributed by atoms with Gasteiger partial charge in [0.25, 0.3) is 0 Å². The summed E-state index contributed by atoms with van der Waals surface area (Å²) in [6.07, 6.45) is 3.09. The van der Waals surface area contributed by atoms with Gasteiger partial charge in [-0.2, -0.15) is 0 Å². The number of anilines is 1. The van der Waals surface area contributed by atoms with Crippen molar-refractivity contribution in [3.63, 3.8) is 0 Å². The number of methoxy groups -OCH3 is 1. The van der Waals surface area contributed by atoms with Crippen molar-refractivity contribution < 1.29 is 14.3 Å². The van der Waals surface area contributed by atoms with Crippen molar-refractivity contribution in [3.05, 3.63) is 5.51 Å². The number of ether oxygens (including phenoxy) is 1. The molecular weight excluding hydrogens is 316 g/mol. The molecule has 1 atom stereocenters. The molecule has 0 radical (unpaired) electrons. The Morgan fingerprint density at radius 1 is 1.35 bits per heavy atom. The van der Waals surface area contributed by atoms with E-state index in [1.54, 1.807) is 10.4 Å². The van der Waals surface area contributed by atoms with Crippen LogP contribution >= 0.6 is 11.3 Å². The predicted octanol–water partition coefficient (Wildman–Crippen LogP) is 1.31. The Morgan fingerprint density at radius 2 is 2.09 bits per heavy atom. The zero-order valence-electron chi connectivity index (χ0n) is 13.5. The lowest BCUT2D eigenvalue weighted by Gasteiger charge is -2.37. The van der Waals surface area contributed by atoms with Crippen LogP contribution in [-0.4, -0.2) is 59.3 Å². The first-order valence-electron chi connectivity index (χ1n) is 7.97. The van der Waals surface area contributed by atoms with E-state index < -0.39 is 5.54 Å². The molecule has 7 nitrogen and oxygen atoms in total. The largest absolute Gasteiger partial charge is 0.467 e. The van der Waals surface area contributed by atoms with E-state index in [1.807, 2.05) is 6.92 Å². The van der Waals surface area contributed by atoms with Crippen molar-refractivity contribution >= 4 is 28.3 Å². The third-order valence-corrected chi connectivity index (χ3v) is 5.75. The van der Waals surface area contributed by atoms with Gasteiger partial charge in [0, 0.05) is 25.6 Å². The first kappa shape index (κ1) is 16.2. The van der Waals surface area contributed by atoms with E-state index in [4.69, 9.17) is 4.74 Å². The minimum Gasteiger partial charge on any atom is -0.467 e. The number of aromatic nitrogens is 2. The lowest BCUT2D eigenvalue weighted by Crippen LogP contribution is -2.54. The topological polar surface area (TPSA) is 75.6 Å². The SMILES string of the molecule is COC(=O)[C@@]1(C)CCCN1C(=O)C1CCN(c2nncs2)CC1.